The van der Waals surface area contributed by atoms with E-state index in [-0.39, 0.29) is 17.0 Å². The van der Waals surface area contributed by atoms with Crippen LogP contribution in [0.25, 0.3) is 0 Å². The van der Waals surface area contributed by atoms with Gasteiger partial charge < -0.3 is 10.1 Å². The van der Waals surface area contributed by atoms with Crippen molar-refractivity contribution in [1.29, 1.82) is 0 Å². The maximum Gasteiger partial charge on any atom is 0.243 e. The normalized spacial score (nSPS) is 22.6. The van der Waals surface area contributed by atoms with Gasteiger partial charge in [0.15, 0.2) is 0 Å². The molecule has 7 heteroatoms. The van der Waals surface area contributed by atoms with Gasteiger partial charge in [-0.15, -0.1) is 0 Å². The van der Waals surface area contributed by atoms with E-state index in [1.807, 2.05) is 6.92 Å². The number of nitrogens with one attached hydrogen (secondary N) is 2. The van der Waals surface area contributed by atoms with Gasteiger partial charge in [0, 0.05) is 13.2 Å². The average Bonchev–Trinajstić information content (AvgIpc) is 2.82. The minimum absolute atomic E-state index is 0.201. The van der Waals surface area contributed by atoms with Crippen molar-refractivity contribution in [3.63, 3.8) is 0 Å². The third kappa shape index (κ3) is 4.00. The molecule has 0 amide bonds. The van der Waals surface area contributed by atoms with Gasteiger partial charge in [-0.1, -0.05) is 13.0 Å². The SMILES string of the molecule is CCNCc1ccc(F)c(S(=O)(=O)NC2CCOC2C)c1. The Hall–Kier alpha value is -1.02. The summed E-state index contributed by atoms with van der Waals surface area (Å²) in [6.07, 6.45) is 0.395. The van der Waals surface area contributed by atoms with E-state index in [1.165, 1.54) is 12.1 Å². The van der Waals surface area contributed by atoms with Gasteiger partial charge in [0.1, 0.15) is 10.7 Å². The molecule has 21 heavy (non-hydrogen) atoms. The standard InChI is InChI=1S/C14H21FN2O3S/c1-3-16-9-11-4-5-12(15)14(8-11)21(18,19)17-13-6-7-20-10(13)2/h4-5,8,10,13,16-17H,3,6-7,9H2,1-2H3. The van der Waals surface area contributed by atoms with Gasteiger partial charge in [0.25, 0.3) is 0 Å². The summed E-state index contributed by atoms with van der Waals surface area (Å²) in [5.74, 6) is -0.741. The van der Waals surface area contributed by atoms with Crippen LogP contribution >= 0.6 is 0 Å². The first-order valence-corrected chi connectivity index (χ1v) is 8.55. The van der Waals surface area contributed by atoms with Crippen molar-refractivity contribution in [1.82, 2.24) is 10.0 Å². The lowest BCUT2D eigenvalue weighted by Crippen LogP contribution is -2.39. The van der Waals surface area contributed by atoms with E-state index >= 15 is 0 Å². The Balaban J connectivity index is 2.22. The summed E-state index contributed by atoms with van der Waals surface area (Å²) >= 11 is 0. The fourth-order valence-corrected chi connectivity index (χ4v) is 3.75. The zero-order valence-corrected chi connectivity index (χ0v) is 13.0. The molecule has 2 atom stereocenters. The Kier molecular flexibility index (Phi) is 5.32. The largest absolute Gasteiger partial charge is 0.377 e. The first-order valence-electron chi connectivity index (χ1n) is 7.07. The molecule has 0 bridgehead atoms. The molecule has 1 aromatic carbocycles. The highest BCUT2D eigenvalue weighted by molar-refractivity contribution is 7.89. The molecule has 5 nitrogen and oxygen atoms in total. The fraction of sp³-hybridized carbons (Fsp3) is 0.571. The maximum absolute atomic E-state index is 13.9. The molecule has 0 radical (unpaired) electrons. The van der Waals surface area contributed by atoms with Gasteiger partial charge >= 0.3 is 0 Å². The van der Waals surface area contributed by atoms with Crippen LogP contribution in [0.3, 0.4) is 0 Å². The third-order valence-corrected chi connectivity index (χ3v) is 5.05. The van der Waals surface area contributed by atoms with Gasteiger partial charge in [-0.2, -0.15) is 0 Å². The lowest BCUT2D eigenvalue weighted by Gasteiger charge is -2.17. The number of rotatable bonds is 6. The first-order chi connectivity index (χ1) is 9.94. The molecule has 2 unspecified atom stereocenters. The van der Waals surface area contributed by atoms with E-state index in [4.69, 9.17) is 4.74 Å². The Labute approximate surface area is 124 Å². The van der Waals surface area contributed by atoms with Crippen molar-refractivity contribution in [3.05, 3.63) is 29.6 Å². The molecule has 2 rings (SSSR count). The molecule has 0 aliphatic carbocycles. The molecule has 2 N–H and O–H groups in total. The summed E-state index contributed by atoms with van der Waals surface area (Å²) in [4.78, 5) is -0.308. The van der Waals surface area contributed by atoms with E-state index in [0.717, 1.165) is 12.1 Å². The lowest BCUT2D eigenvalue weighted by atomic mass is 10.2. The van der Waals surface area contributed by atoms with Crippen molar-refractivity contribution in [2.45, 2.75) is 43.9 Å². The number of hydrogen-bond acceptors (Lipinski definition) is 4. The van der Waals surface area contributed by atoms with Gasteiger partial charge in [-0.05, 0) is 37.6 Å². The topological polar surface area (TPSA) is 67.4 Å². The van der Waals surface area contributed by atoms with Crippen molar-refractivity contribution in [2.75, 3.05) is 13.2 Å². The zero-order valence-electron chi connectivity index (χ0n) is 12.2. The van der Waals surface area contributed by atoms with Crippen LogP contribution in [0, 0.1) is 5.82 Å². The minimum atomic E-state index is -3.89. The summed E-state index contributed by atoms with van der Waals surface area (Å²) in [5.41, 5.74) is 0.731. The molecule has 1 aliphatic heterocycles. The monoisotopic (exact) mass is 316 g/mol. The van der Waals surface area contributed by atoms with Gasteiger partial charge in [0.05, 0.1) is 12.1 Å². The molecular weight excluding hydrogens is 295 g/mol. The summed E-state index contributed by atoms with van der Waals surface area (Å²) in [6, 6.07) is 3.83. The molecule has 1 saturated heterocycles. The molecule has 1 heterocycles. The Bertz CT molecular complexity index is 592. The van der Waals surface area contributed by atoms with Crippen LogP contribution in [0.2, 0.25) is 0 Å². The molecule has 1 fully saturated rings. The Morgan fingerprint density at radius 3 is 2.81 bits per heavy atom. The molecule has 0 spiro atoms. The molecule has 1 aromatic rings. The predicted molar refractivity (Wildman–Crippen MR) is 77.9 cm³/mol. The maximum atomic E-state index is 13.9. The molecule has 0 aromatic heterocycles. The Morgan fingerprint density at radius 1 is 1.43 bits per heavy atom. The quantitative estimate of drug-likeness (QED) is 0.832. The number of hydrogen-bond donors (Lipinski definition) is 2. The summed E-state index contributed by atoms with van der Waals surface area (Å²) in [7, 11) is -3.89. The van der Waals surface area contributed by atoms with Crippen LogP contribution in [0.1, 0.15) is 25.8 Å². The van der Waals surface area contributed by atoms with E-state index in [9.17, 15) is 12.8 Å². The van der Waals surface area contributed by atoms with Crippen molar-refractivity contribution >= 4 is 10.0 Å². The number of halogens is 1. The summed E-state index contributed by atoms with van der Waals surface area (Å²) in [5, 5.41) is 3.09. The highest BCUT2D eigenvalue weighted by atomic mass is 32.2. The first kappa shape index (κ1) is 16.4. The van der Waals surface area contributed by atoms with Gasteiger partial charge in [-0.3, -0.25) is 0 Å². The minimum Gasteiger partial charge on any atom is -0.377 e. The lowest BCUT2D eigenvalue weighted by molar-refractivity contribution is 0.117. The van der Waals surface area contributed by atoms with Crippen LogP contribution in [0.4, 0.5) is 4.39 Å². The van der Waals surface area contributed by atoms with E-state index in [1.54, 1.807) is 13.0 Å². The highest BCUT2D eigenvalue weighted by Gasteiger charge is 2.30. The third-order valence-electron chi connectivity index (χ3n) is 3.55. The average molecular weight is 316 g/mol. The van der Waals surface area contributed by atoms with Gasteiger partial charge in [-0.25, -0.2) is 17.5 Å². The molecule has 118 valence electrons. The van der Waals surface area contributed by atoms with Crippen LogP contribution in [-0.2, 0) is 21.3 Å². The van der Waals surface area contributed by atoms with Crippen molar-refractivity contribution < 1.29 is 17.5 Å². The molecule has 1 aliphatic rings. The van der Waals surface area contributed by atoms with Crippen LogP contribution in [0.5, 0.6) is 0 Å². The van der Waals surface area contributed by atoms with Crippen LogP contribution in [-0.4, -0.2) is 33.7 Å². The van der Waals surface area contributed by atoms with Crippen molar-refractivity contribution in [2.24, 2.45) is 0 Å². The second kappa shape index (κ2) is 6.83. The number of benzene rings is 1. The van der Waals surface area contributed by atoms with Crippen molar-refractivity contribution in [3.8, 4) is 0 Å². The fourth-order valence-electron chi connectivity index (χ4n) is 2.28. The smallest absolute Gasteiger partial charge is 0.243 e. The van der Waals surface area contributed by atoms with E-state index in [0.29, 0.717) is 19.6 Å². The number of sulfonamides is 1. The molecule has 0 saturated carbocycles. The molecular formula is C14H21FN2O3S. The second-order valence-electron chi connectivity index (χ2n) is 5.14. The predicted octanol–water partition coefficient (Wildman–Crippen LogP) is 1.39. The van der Waals surface area contributed by atoms with Crippen LogP contribution in [0.15, 0.2) is 23.1 Å². The van der Waals surface area contributed by atoms with Crippen LogP contribution < -0.4 is 10.0 Å². The van der Waals surface area contributed by atoms with E-state index < -0.39 is 15.8 Å². The van der Waals surface area contributed by atoms with Gasteiger partial charge in [0.2, 0.25) is 10.0 Å². The summed E-state index contributed by atoms with van der Waals surface area (Å²) < 4.78 is 46.5. The number of ether oxygens (including phenoxy) is 1. The zero-order chi connectivity index (χ0) is 15.5. The second-order valence-corrected chi connectivity index (χ2v) is 6.82. The van der Waals surface area contributed by atoms with E-state index in [2.05, 4.69) is 10.0 Å². The Morgan fingerprint density at radius 2 is 2.19 bits per heavy atom. The summed E-state index contributed by atoms with van der Waals surface area (Å²) in [6.45, 7) is 5.52. The highest BCUT2D eigenvalue weighted by Crippen LogP contribution is 2.20.